The average molecular weight is 154 g/mol. The molecule has 0 amide bonds. The lowest BCUT2D eigenvalue weighted by Crippen LogP contribution is -2.13. The van der Waals surface area contributed by atoms with Gasteiger partial charge in [-0.25, -0.2) is 0 Å². The van der Waals surface area contributed by atoms with E-state index < -0.39 is 5.97 Å². The van der Waals surface area contributed by atoms with Gasteiger partial charge in [-0.1, -0.05) is 19.1 Å². The van der Waals surface area contributed by atoms with Gasteiger partial charge in [0.25, 0.3) is 0 Å². The van der Waals surface area contributed by atoms with E-state index in [1.54, 1.807) is 6.92 Å². The van der Waals surface area contributed by atoms with Crippen molar-refractivity contribution in [2.45, 2.75) is 26.2 Å². The normalized spacial score (nSPS) is 20.5. The Morgan fingerprint density at radius 1 is 1.64 bits per heavy atom. The van der Waals surface area contributed by atoms with E-state index in [9.17, 15) is 4.79 Å². The Labute approximate surface area is 66.9 Å². The summed E-state index contributed by atoms with van der Waals surface area (Å²) in [6, 6.07) is 0. The molecule has 11 heavy (non-hydrogen) atoms. The molecule has 1 N–H and O–H groups in total. The Hall–Kier alpha value is -0.790. The third kappa shape index (κ3) is 2.37. The molecule has 1 aliphatic carbocycles. The smallest absolute Gasteiger partial charge is 0.306 e. The Bertz CT molecular complexity index is 164. The zero-order valence-corrected chi connectivity index (χ0v) is 6.79. The third-order valence-electron chi connectivity index (χ3n) is 2.21. The van der Waals surface area contributed by atoms with Gasteiger partial charge in [0, 0.05) is 0 Å². The molecule has 2 nitrogen and oxygen atoms in total. The third-order valence-corrected chi connectivity index (χ3v) is 2.21. The quantitative estimate of drug-likeness (QED) is 0.632. The van der Waals surface area contributed by atoms with Crippen LogP contribution in [0.5, 0.6) is 0 Å². The Morgan fingerprint density at radius 3 is 2.64 bits per heavy atom. The number of hydrogen-bond acceptors (Lipinski definition) is 1. The number of carbonyl (C=O) groups is 1. The van der Waals surface area contributed by atoms with E-state index in [1.807, 2.05) is 0 Å². The minimum absolute atomic E-state index is 0.181. The Morgan fingerprint density at radius 2 is 2.18 bits per heavy atom. The molecule has 0 aromatic rings. The lowest BCUT2D eigenvalue weighted by Gasteiger charge is -2.11. The van der Waals surface area contributed by atoms with Gasteiger partial charge in [-0.05, 0) is 25.2 Å². The van der Waals surface area contributed by atoms with E-state index in [0.717, 1.165) is 19.3 Å². The first-order valence-corrected chi connectivity index (χ1v) is 4.08. The molecule has 1 rings (SSSR count). The van der Waals surface area contributed by atoms with Crippen molar-refractivity contribution in [2.24, 2.45) is 11.8 Å². The summed E-state index contributed by atoms with van der Waals surface area (Å²) in [5.41, 5.74) is 0. The van der Waals surface area contributed by atoms with Crippen LogP contribution < -0.4 is 0 Å². The van der Waals surface area contributed by atoms with Gasteiger partial charge in [0.05, 0.1) is 5.92 Å². The minimum atomic E-state index is -0.670. The van der Waals surface area contributed by atoms with Crippen LogP contribution in [0.1, 0.15) is 26.2 Å². The van der Waals surface area contributed by atoms with Crippen LogP contribution in [0.15, 0.2) is 12.2 Å². The molecule has 0 aliphatic heterocycles. The lowest BCUT2D eigenvalue weighted by atomic mass is 9.94. The molecular weight excluding hydrogens is 140 g/mol. The topological polar surface area (TPSA) is 37.3 Å². The molecule has 0 bridgehead atoms. The second-order valence-electron chi connectivity index (χ2n) is 3.28. The van der Waals surface area contributed by atoms with Crippen LogP contribution in [-0.2, 0) is 4.79 Å². The fourth-order valence-electron chi connectivity index (χ4n) is 1.47. The molecule has 1 atom stereocenters. The van der Waals surface area contributed by atoms with Gasteiger partial charge >= 0.3 is 5.97 Å². The van der Waals surface area contributed by atoms with E-state index in [2.05, 4.69) is 12.2 Å². The SMILES string of the molecule is CC(CC1CC=CC1)C(=O)O. The molecule has 0 spiro atoms. The average Bonchev–Trinajstić information content (AvgIpc) is 2.39. The monoisotopic (exact) mass is 154 g/mol. The van der Waals surface area contributed by atoms with E-state index in [0.29, 0.717) is 5.92 Å². The molecular formula is C9H14O2. The molecule has 0 saturated carbocycles. The summed E-state index contributed by atoms with van der Waals surface area (Å²) >= 11 is 0. The first kappa shape index (κ1) is 8.31. The van der Waals surface area contributed by atoms with Crippen LogP contribution in [0, 0.1) is 11.8 Å². The predicted octanol–water partition coefficient (Wildman–Crippen LogP) is 2.06. The van der Waals surface area contributed by atoms with Crippen molar-refractivity contribution >= 4 is 5.97 Å². The number of hydrogen-bond donors (Lipinski definition) is 1. The largest absolute Gasteiger partial charge is 0.481 e. The van der Waals surface area contributed by atoms with Crippen LogP contribution >= 0.6 is 0 Å². The van der Waals surface area contributed by atoms with Crippen molar-refractivity contribution in [3.63, 3.8) is 0 Å². The molecule has 2 heteroatoms. The van der Waals surface area contributed by atoms with Gasteiger partial charge in [0.1, 0.15) is 0 Å². The summed E-state index contributed by atoms with van der Waals surface area (Å²) in [6.07, 6.45) is 7.23. The van der Waals surface area contributed by atoms with Gasteiger partial charge < -0.3 is 5.11 Å². The summed E-state index contributed by atoms with van der Waals surface area (Å²) < 4.78 is 0. The number of aliphatic carboxylic acids is 1. The molecule has 0 radical (unpaired) electrons. The van der Waals surface area contributed by atoms with Gasteiger partial charge in [-0.3, -0.25) is 4.79 Å². The number of carboxylic acid groups (broad SMARTS) is 1. The molecule has 0 heterocycles. The first-order chi connectivity index (χ1) is 5.20. The predicted molar refractivity (Wildman–Crippen MR) is 43.3 cm³/mol. The van der Waals surface area contributed by atoms with E-state index in [-0.39, 0.29) is 5.92 Å². The maximum Gasteiger partial charge on any atom is 0.306 e. The van der Waals surface area contributed by atoms with Crippen LogP contribution in [0.4, 0.5) is 0 Å². The summed E-state index contributed by atoms with van der Waals surface area (Å²) in [5.74, 6) is -0.266. The maximum absolute atomic E-state index is 10.5. The van der Waals surface area contributed by atoms with Crippen LogP contribution in [0.25, 0.3) is 0 Å². The van der Waals surface area contributed by atoms with Gasteiger partial charge in [0.15, 0.2) is 0 Å². The van der Waals surface area contributed by atoms with Crippen molar-refractivity contribution in [1.29, 1.82) is 0 Å². The lowest BCUT2D eigenvalue weighted by molar-refractivity contribution is -0.141. The van der Waals surface area contributed by atoms with Gasteiger partial charge in [-0.2, -0.15) is 0 Å². The van der Waals surface area contributed by atoms with Crippen molar-refractivity contribution < 1.29 is 9.90 Å². The molecule has 0 fully saturated rings. The Kier molecular flexibility index (Phi) is 2.69. The summed E-state index contributed by atoms with van der Waals surface area (Å²) in [6.45, 7) is 1.78. The molecule has 1 unspecified atom stereocenters. The number of allylic oxidation sites excluding steroid dienone is 2. The van der Waals surface area contributed by atoms with Crippen LogP contribution in [0.2, 0.25) is 0 Å². The summed E-state index contributed by atoms with van der Waals surface area (Å²) in [4.78, 5) is 10.5. The van der Waals surface area contributed by atoms with Crippen molar-refractivity contribution in [3.05, 3.63) is 12.2 Å². The molecule has 0 saturated heterocycles. The minimum Gasteiger partial charge on any atom is -0.481 e. The molecule has 1 aliphatic rings. The second-order valence-corrected chi connectivity index (χ2v) is 3.28. The van der Waals surface area contributed by atoms with Crippen LogP contribution in [0.3, 0.4) is 0 Å². The highest BCUT2D eigenvalue weighted by Crippen LogP contribution is 2.24. The molecule has 0 aromatic carbocycles. The summed E-state index contributed by atoms with van der Waals surface area (Å²) in [5, 5.41) is 8.62. The summed E-state index contributed by atoms with van der Waals surface area (Å²) in [7, 11) is 0. The number of carboxylic acids is 1. The van der Waals surface area contributed by atoms with Gasteiger partial charge in [0.2, 0.25) is 0 Å². The van der Waals surface area contributed by atoms with E-state index in [4.69, 9.17) is 5.11 Å². The van der Waals surface area contributed by atoms with Crippen molar-refractivity contribution in [1.82, 2.24) is 0 Å². The number of rotatable bonds is 3. The zero-order chi connectivity index (χ0) is 8.27. The maximum atomic E-state index is 10.5. The fourth-order valence-corrected chi connectivity index (χ4v) is 1.47. The van der Waals surface area contributed by atoms with Crippen molar-refractivity contribution in [3.8, 4) is 0 Å². The van der Waals surface area contributed by atoms with Crippen LogP contribution in [-0.4, -0.2) is 11.1 Å². The zero-order valence-electron chi connectivity index (χ0n) is 6.79. The first-order valence-electron chi connectivity index (χ1n) is 4.08. The highest BCUT2D eigenvalue weighted by atomic mass is 16.4. The van der Waals surface area contributed by atoms with E-state index >= 15 is 0 Å². The Balaban J connectivity index is 2.25. The highest BCUT2D eigenvalue weighted by Gasteiger charge is 2.18. The molecule has 0 aromatic heterocycles. The van der Waals surface area contributed by atoms with Gasteiger partial charge in [-0.15, -0.1) is 0 Å². The fraction of sp³-hybridized carbons (Fsp3) is 0.667. The molecule has 62 valence electrons. The van der Waals surface area contributed by atoms with Crippen molar-refractivity contribution in [2.75, 3.05) is 0 Å². The second kappa shape index (κ2) is 3.56. The standard InChI is InChI=1S/C9H14O2/c1-7(9(10)11)6-8-4-2-3-5-8/h2-3,7-8H,4-6H2,1H3,(H,10,11). The highest BCUT2D eigenvalue weighted by molar-refractivity contribution is 5.69. The van der Waals surface area contributed by atoms with E-state index in [1.165, 1.54) is 0 Å².